The molecular formula is C15H8N2O8. The van der Waals surface area contributed by atoms with Crippen LogP contribution in [0.2, 0.25) is 0 Å². The molecule has 0 aliphatic rings. The topological polar surface area (TPSA) is 157 Å². The first kappa shape index (κ1) is 15.9. The summed E-state index contributed by atoms with van der Waals surface area (Å²) >= 11 is 0. The van der Waals surface area contributed by atoms with Crippen LogP contribution in [-0.2, 0) is 0 Å². The van der Waals surface area contributed by atoms with Crippen molar-refractivity contribution in [1.82, 2.24) is 0 Å². The molecule has 0 atom stereocenters. The van der Waals surface area contributed by atoms with Gasteiger partial charge in [-0.2, -0.15) is 0 Å². The summed E-state index contributed by atoms with van der Waals surface area (Å²) in [6.45, 7) is 0. The highest BCUT2D eigenvalue weighted by atomic mass is 16.6. The Labute approximate surface area is 137 Å². The fraction of sp³-hybridized carbons (Fsp3) is 0. The molecule has 0 unspecified atom stereocenters. The molecule has 0 aliphatic heterocycles. The molecule has 2 N–H and O–H groups in total. The molecule has 25 heavy (non-hydrogen) atoms. The van der Waals surface area contributed by atoms with Gasteiger partial charge in [0, 0.05) is 35.9 Å². The summed E-state index contributed by atoms with van der Waals surface area (Å²) in [5.41, 5.74) is -2.02. The van der Waals surface area contributed by atoms with Crippen molar-refractivity contribution in [2.24, 2.45) is 0 Å². The molecule has 2 aromatic carbocycles. The first-order chi connectivity index (χ1) is 11.8. The lowest BCUT2D eigenvalue weighted by atomic mass is 10.1. The van der Waals surface area contributed by atoms with E-state index >= 15 is 0 Å². The number of aromatic hydroxyl groups is 2. The van der Waals surface area contributed by atoms with Crippen LogP contribution in [0.15, 0.2) is 45.6 Å². The van der Waals surface area contributed by atoms with Gasteiger partial charge in [-0.05, 0) is 0 Å². The van der Waals surface area contributed by atoms with Gasteiger partial charge in [0.05, 0.1) is 15.9 Å². The van der Waals surface area contributed by atoms with E-state index in [-0.39, 0.29) is 28.0 Å². The van der Waals surface area contributed by atoms with Gasteiger partial charge in [0.1, 0.15) is 28.2 Å². The Morgan fingerprint density at radius 2 is 1.48 bits per heavy atom. The molecule has 1 heterocycles. The van der Waals surface area contributed by atoms with E-state index in [2.05, 4.69) is 0 Å². The maximum Gasteiger partial charge on any atom is 0.277 e. The van der Waals surface area contributed by atoms with Crippen molar-refractivity contribution in [1.29, 1.82) is 0 Å². The number of hydrogen-bond acceptors (Lipinski definition) is 8. The van der Waals surface area contributed by atoms with E-state index in [0.717, 1.165) is 36.4 Å². The normalized spacial score (nSPS) is 10.7. The van der Waals surface area contributed by atoms with E-state index in [1.165, 1.54) is 0 Å². The number of benzene rings is 2. The third-order valence-electron chi connectivity index (χ3n) is 3.40. The quantitative estimate of drug-likeness (QED) is 0.542. The van der Waals surface area contributed by atoms with Gasteiger partial charge in [-0.25, -0.2) is 0 Å². The smallest absolute Gasteiger partial charge is 0.277 e. The van der Waals surface area contributed by atoms with E-state index in [4.69, 9.17) is 4.42 Å². The van der Waals surface area contributed by atoms with Gasteiger partial charge in [-0.1, -0.05) is 0 Å². The third kappa shape index (κ3) is 2.83. The molecule has 0 saturated carbocycles. The second-order valence-corrected chi connectivity index (χ2v) is 5.07. The van der Waals surface area contributed by atoms with Crippen molar-refractivity contribution in [2.45, 2.75) is 0 Å². The lowest BCUT2D eigenvalue weighted by Gasteiger charge is -2.05. The maximum absolute atomic E-state index is 12.2. The van der Waals surface area contributed by atoms with E-state index in [0.29, 0.717) is 0 Å². The van der Waals surface area contributed by atoms with E-state index < -0.39 is 32.4 Å². The number of non-ortho nitro benzene ring substituents is 2. The Kier molecular flexibility index (Phi) is 3.57. The number of nitro groups is 2. The van der Waals surface area contributed by atoms with Gasteiger partial charge >= 0.3 is 0 Å². The molecule has 0 bridgehead atoms. The molecule has 1 aromatic heterocycles. The summed E-state index contributed by atoms with van der Waals surface area (Å²) in [6.07, 6.45) is 0. The van der Waals surface area contributed by atoms with Crippen molar-refractivity contribution in [3.8, 4) is 22.8 Å². The zero-order chi connectivity index (χ0) is 18.3. The molecule has 0 fully saturated rings. The molecule has 10 heteroatoms. The van der Waals surface area contributed by atoms with Gasteiger partial charge in [0.2, 0.25) is 0 Å². The second-order valence-electron chi connectivity index (χ2n) is 5.07. The van der Waals surface area contributed by atoms with Crippen LogP contribution in [0, 0.1) is 20.2 Å². The Morgan fingerprint density at radius 1 is 0.880 bits per heavy atom. The van der Waals surface area contributed by atoms with Gasteiger partial charge in [-0.3, -0.25) is 25.0 Å². The summed E-state index contributed by atoms with van der Waals surface area (Å²) in [5.74, 6) is -1.05. The molecule has 3 rings (SSSR count). The number of phenolic OH excluding ortho intramolecular Hbond substituents is 2. The summed E-state index contributed by atoms with van der Waals surface area (Å²) < 4.78 is 5.39. The minimum absolute atomic E-state index is 0.0669. The highest BCUT2D eigenvalue weighted by molar-refractivity contribution is 5.86. The van der Waals surface area contributed by atoms with Crippen LogP contribution in [0.25, 0.3) is 22.3 Å². The van der Waals surface area contributed by atoms with E-state index in [9.17, 15) is 35.2 Å². The summed E-state index contributed by atoms with van der Waals surface area (Å²) in [7, 11) is 0. The molecule has 0 saturated heterocycles. The van der Waals surface area contributed by atoms with Crippen molar-refractivity contribution in [3.05, 3.63) is 66.9 Å². The Balaban J connectivity index is 2.31. The predicted molar refractivity (Wildman–Crippen MR) is 84.6 cm³/mol. The van der Waals surface area contributed by atoms with Crippen molar-refractivity contribution >= 4 is 22.3 Å². The van der Waals surface area contributed by atoms with E-state index in [1.807, 2.05) is 0 Å². The molecule has 10 nitrogen and oxygen atoms in total. The molecular weight excluding hydrogens is 336 g/mol. The molecule has 0 radical (unpaired) electrons. The molecule has 0 aliphatic carbocycles. The van der Waals surface area contributed by atoms with Crippen LogP contribution in [0.3, 0.4) is 0 Å². The fourth-order valence-electron chi connectivity index (χ4n) is 2.34. The number of phenols is 2. The highest BCUT2D eigenvalue weighted by Crippen LogP contribution is 2.33. The van der Waals surface area contributed by atoms with Gasteiger partial charge < -0.3 is 14.6 Å². The Hall–Kier alpha value is -3.95. The van der Waals surface area contributed by atoms with Crippen molar-refractivity contribution in [2.75, 3.05) is 0 Å². The monoisotopic (exact) mass is 344 g/mol. The minimum atomic E-state index is -0.812. The first-order valence-electron chi connectivity index (χ1n) is 6.70. The zero-order valence-corrected chi connectivity index (χ0v) is 12.2. The largest absolute Gasteiger partial charge is 0.508 e. The van der Waals surface area contributed by atoms with Gasteiger partial charge in [0.25, 0.3) is 11.4 Å². The zero-order valence-electron chi connectivity index (χ0n) is 12.2. The lowest BCUT2D eigenvalue weighted by Crippen LogP contribution is -2.01. The van der Waals surface area contributed by atoms with Crippen LogP contribution in [0.4, 0.5) is 11.4 Å². The predicted octanol–water partition coefficient (Wildman–Crippen LogP) is 2.69. The number of nitro benzene ring substituents is 2. The van der Waals surface area contributed by atoms with Crippen LogP contribution < -0.4 is 5.43 Å². The van der Waals surface area contributed by atoms with Crippen LogP contribution in [0.1, 0.15) is 0 Å². The van der Waals surface area contributed by atoms with Crippen LogP contribution >= 0.6 is 0 Å². The summed E-state index contributed by atoms with van der Waals surface area (Å²) in [5, 5.41) is 40.9. The molecule has 126 valence electrons. The first-order valence-corrected chi connectivity index (χ1v) is 6.70. The maximum atomic E-state index is 12.2. The SMILES string of the molecule is O=c1cc(-c2cc([N+](=O)[O-])cc([N+](=O)[O-])c2)oc2cc(O)cc(O)c12. The number of hydrogen-bond donors (Lipinski definition) is 2. The molecule has 0 amide bonds. The third-order valence-corrected chi connectivity index (χ3v) is 3.40. The summed E-state index contributed by atoms with van der Waals surface area (Å²) in [6, 6.07) is 5.78. The van der Waals surface area contributed by atoms with Crippen LogP contribution in [-0.4, -0.2) is 20.1 Å². The number of nitrogens with zero attached hydrogens (tertiary/aromatic N) is 2. The Morgan fingerprint density at radius 3 is 2.04 bits per heavy atom. The number of rotatable bonds is 3. The van der Waals surface area contributed by atoms with Gasteiger partial charge in [0.15, 0.2) is 5.43 Å². The molecule has 0 spiro atoms. The van der Waals surface area contributed by atoms with Crippen LogP contribution in [0.5, 0.6) is 11.5 Å². The second kappa shape index (κ2) is 5.60. The van der Waals surface area contributed by atoms with Crippen molar-refractivity contribution in [3.63, 3.8) is 0 Å². The average molecular weight is 344 g/mol. The minimum Gasteiger partial charge on any atom is -0.508 e. The Bertz CT molecular complexity index is 1070. The highest BCUT2D eigenvalue weighted by Gasteiger charge is 2.19. The number of fused-ring (bicyclic) bond motifs is 1. The lowest BCUT2D eigenvalue weighted by molar-refractivity contribution is -0.394. The molecule has 3 aromatic rings. The standard InChI is InChI=1S/C15H8N2O8/c18-10-4-11(19)15-12(20)6-13(25-14(15)5-10)7-1-8(16(21)22)3-9(2-7)17(23)24/h1-6,18-19H. The summed E-state index contributed by atoms with van der Waals surface area (Å²) in [4.78, 5) is 32.5. The average Bonchev–Trinajstić information content (AvgIpc) is 2.53. The van der Waals surface area contributed by atoms with E-state index in [1.54, 1.807) is 0 Å². The fourth-order valence-corrected chi connectivity index (χ4v) is 2.34. The van der Waals surface area contributed by atoms with Crippen molar-refractivity contribution < 1.29 is 24.5 Å². The van der Waals surface area contributed by atoms with Gasteiger partial charge in [-0.15, -0.1) is 0 Å².